The number of hydrogen-bond donors (Lipinski definition) is 2. The average molecular weight is 301 g/mol. The summed E-state index contributed by atoms with van der Waals surface area (Å²) in [5.74, 6) is -0.723. The van der Waals surface area contributed by atoms with Gasteiger partial charge in [0.05, 0.1) is 11.1 Å². The van der Waals surface area contributed by atoms with Gasteiger partial charge in [0, 0.05) is 25.5 Å². The molecule has 5 heteroatoms. The van der Waals surface area contributed by atoms with Crippen LogP contribution in [0.1, 0.15) is 32.3 Å². The largest absolute Gasteiger partial charge is 0.481 e. The lowest BCUT2D eigenvalue weighted by Gasteiger charge is -2.27. The second-order valence-electron chi connectivity index (χ2n) is 5.51. The van der Waals surface area contributed by atoms with E-state index in [1.54, 1.807) is 10.9 Å². The fraction of sp³-hybridized carbons (Fsp3) is 0.412. The van der Waals surface area contributed by atoms with Gasteiger partial charge in [0.2, 0.25) is 0 Å². The molecular formula is C17H23N3O2. The van der Waals surface area contributed by atoms with Gasteiger partial charge in [-0.05, 0) is 36.6 Å². The highest BCUT2D eigenvalue weighted by atomic mass is 16.4. The Kier molecular flexibility index (Phi) is 5.33. The highest BCUT2D eigenvalue weighted by molar-refractivity contribution is 5.74. The number of hydrogen-bond acceptors (Lipinski definition) is 3. The minimum atomic E-state index is -0.723. The fourth-order valence-electron chi connectivity index (χ4n) is 2.51. The van der Waals surface area contributed by atoms with Gasteiger partial charge in [0.1, 0.15) is 0 Å². The van der Waals surface area contributed by atoms with Crippen LogP contribution in [0.5, 0.6) is 0 Å². The van der Waals surface area contributed by atoms with Crippen molar-refractivity contribution >= 4 is 5.97 Å². The standard InChI is InChI=1S/C17H23N3O2/c1-3-17(4-2,16(21)22)13-18-12-14-6-8-15(9-7-14)20-11-5-10-19-20/h5-11,18H,3-4,12-13H2,1-2H3,(H,21,22). The number of carboxylic acids is 1. The van der Waals surface area contributed by atoms with E-state index in [1.165, 1.54) is 0 Å². The maximum atomic E-state index is 11.5. The number of nitrogens with one attached hydrogen (secondary N) is 1. The second-order valence-corrected chi connectivity index (χ2v) is 5.51. The molecule has 0 unspecified atom stereocenters. The van der Waals surface area contributed by atoms with Crippen LogP contribution in [0.15, 0.2) is 42.7 Å². The van der Waals surface area contributed by atoms with Crippen molar-refractivity contribution in [3.63, 3.8) is 0 Å². The van der Waals surface area contributed by atoms with Crippen LogP contribution >= 0.6 is 0 Å². The van der Waals surface area contributed by atoms with Crippen molar-refractivity contribution in [2.75, 3.05) is 6.54 Å². The van der Waals surface area contributed by atoms with Gasteiger partial charge < -0.3 is 10.4 Å². The summed E-state index contributed by atoms with van der Waals surface area (Å²) in [6.07, 6.45) is 4.90. The molecule has 0 radical (unpaired) electrons. The van der Waals surface area contributed by atoms with Gasteiger partial charge in [-0.25, -0.2) is 4.68 Å². The van der Waals surface area contributed by atoms with Crippen molar-refractivity contribution < 1.29 is 9.90 Å². The van der Waals surface area contributed by atoms with Gasteiger partial charge in [-0.1, -0.05) is 26.0 Å². The molecule has 2 N–H and O–H groups in total. The fourth-order valence-corrected chi connectivity index (χ4v) is 2.51. The highest BCUT2D eigenvalue weighted by Crippen LogP contribution is 2.25. The van der Waals surface area contributed by atoms with Crippen LogP contribution in [0.2, 0.25) is 0 Å². The molecule has 1 aromatic carbocycles. The zero-order valence-electron chi connectivity index (χ0n) is 13.1. The molecular weight excluding hydrogens is 278 g/mol. The predicted octanol–water partition coefficient (Wildman–Crippen LogP) is 2.85. The molecule has 0 aliphatic rings. The minimum Gasteiger partial charge on any atom is -0.481 e. The number of nitrogens with zero attached hydrogens (tertiary/aromatic N) is 2. The van der Waals surface area contributed by atoms with E-state index < -0.39 is 11.4 Å². The monoisotopic (exact) mass is 301 g/mol. The minimum absolute atomic E-state index is 0.482. The summed E-state index contributed by atoms with van der Waals surface area (Å²) < 4.78 is 1.81. The van der Waals surface area contributed by atoms with Gasteiger partial charge in [-0.2, -0.15) is 5.10 Å². The molecule has 0 atom stereocenters. The molecule has 1 heterocycles. The summed E-state index contributed by atoms with van der Waals surface area (Å²) in [7, 11) is 0. The van der Waals surface area contributed by atoms with Crippen LogP contribution in [-0.2, 0) is 11.3 Å². The van der Waals surface area contributed by atoms with Gasteiger partial charge in [0.15, 0.2) is 0 Å². The third kappa shape index (κ3) is 3.54. The van der Waals surface area contributed by atoms with Gasteiger partial charge in [-0.15, -0.1) is 0 Å². The van der Waals surface area contributed by atoms with Crippen molar-refractivity contribution in [2.45, 2.75) is 33.2 Å². The molecule has 0 bridgehead atoms. The maximum absolute atomic E-state index is 11.5. The Bertz CT molecular complexity index is 587. The first kappa shape index (κ1) is 16.2. The topological polar surface area (TPSA) is 67.2 Å². The third-order valence-electron chi connectivity index (χ3n) is 4.31. The number of benzene rings is 1. The lowest BCUT2D eigenvalue weighted by atomic mass is 9.82. The molecule has 0 aliphatic heterocycles. The Hall–Kier alpha value is -2.14. The zero-order valence-corrected chi connectivity index (χ0v) is 13.1. The summed E-state index contributed by atoms with van der Waals surface area (Å²) in [4.78, 5) is 11.5. The van der Waals surface area contributed by atoms with Crippen molar-refractivity contribution in [2.24, 2.45) is 5.41 Å². The SMILES string of the molecule is CCC(CC)(CNCc1ccc(-n2cccn2)cc1)C(=O)O. The summed E-state index contributed by atoms with van der Waals surface area (Å²) in [5.41, 5.74) is 1.47. The van der Waals surface area contributed by atoms with E-state index in [1.807, 2.05) is 50.4 Å². The Morgan fingerprint density at radius 1 is 1.27 bits per heavy atom. The number of carboxylic acid groups (broad SMARTS) is 1. The van der Waals surface area contributed by atoms with Crippen LogP contribution in [0.4, 0.5) is 0 Å². The second kappa shape index (κ2) is 7.22. The molecule has 0 saturated carbocycles. The molecule has 0 amide bonds. The number of aliphatic carboxylic acids is 1. The molecule has 0 aliphatic carbocycles. The van der Waals surface area contributed by atoms with Crippen LogP contribution < -0.4 is 5.32 Å². The molecule has 0 saturated heterocycles. The first-order chi connectivity index (χ1) is 10.6. The van der Waals surface area contributed by atoms with Crippen LogP contribution in [0.3, 0.4) is 0 Å². The highest BCUT2D eigenvalue weighted by Gasteiger charge is 2.34. The smallest absolute Gasteiger partial charge is 0.310 e. The average Bonchev–Trinajstić information content (AvgIpc) is 3.06. The van der Waals surface area contributed by atoms with Crippen molar-refractivity contribution in [3.05, 3.63) is 48.3 Å². The van der Waals surface area contributed by atoms with E-state index in [2.05, 4.69) is 10.4 Å². The van der Waals surface area contributed by atoms with Crippen LogP contribution in [0, 0.1) is 5.41 Å². The lowest BCUT2D eigenvalue weighted by molar-refractivity contribution is -0.149. The van der Waals surface area contributed by atoms with Crippen molar-refractivity contribution in [3.8, 4) is 5.69 Å². The Labute approximate surface area is 131 Å². The molecule has 1 aromatic heterocycles. The molecule has 5 nitrogen and oxygen atoms in total. The molecule has 2 aromatic rings. The first-order valence-electron chi connectivity index (χ1n) is 7.64. The molecule has 2 rings (SSSR count). The van der Waals surface area contributed by atoms with Gasteiger partial charge in [-0.3, -0.25) is 4.79 Å². The Morgan fingerprint density at radius 3 is 2.45 bits per heavy atom. The Morgan fingerprint density at radius 2 is 1.95 bits per heavy atom. The summed E-state index contributed by atoms with van der Waals surface area (Å²) in [6, 6.07) is 9.97. The van der Waals surface area contributed by atoms with Crippen molar-refractivity contribution in [1.29, 1.82) is 0 Å². The molecule has 118 valence electrons. The van der Waals surface area contributed by atoms with E-state index in [0.717, 1.165) is 11.3 Å². The van der Waals surface area contributed by atoms with E-state index in [4.69, 9.17) is 0 Å². The summed E-state index contributed by atoms with van der Waals surface area (Å²) in [6.45, 7) is 5.00. The third-order valence-corrected chi connectivity index (χ3v) is 4.31. The maximum Gasteiger partial charge on any atom is 0.310 e. The van der Waals surface area contributed by atoms with E-state index >= 15 is 0 Å². The van der Waals surface area contributed by atoms with Gasteiger partial charge >= 0.3 is 5.97 Å². The number of rotatable bonds is 8. The Balaban J connectivity index is 1.93. The summed E-state index contributed by atoms with van der Waals surface area (Å²) in [5, 5.41) is 16.9. The predicted molar refractivity (Wildman–Crippen MR) is 85.9 cm³/mol. The van der Waals surface area contributed by atoms with Gasteiger partial charge in [0.25, 0.3) is 0 Å². The normalized spacial score (nSPS) is 11.5. The molecule has 0 spiro atoms. The summed E-state index contributed by atoms with van der Waals surface area (Å²) >= 11 is 0. The first-order valence-corrected chi connectivity index (χ1v) is 7.64. The lowest BCUT2D eigenvalue weighted by Crippen LogP contribution is -2.39. The van der Waals surface area contributed by atoms with Crippen LogP contribution in [-0.4, -0.2) is 27.4 Å². The zero-order chi connectivity index (χ0) is 16.0. The van der Waals surface area contributed by atoms with E-state index in [-0.39, 0.29) is 0 Å². The molecule has 22 heavy (non-hydrogen) atoms. The number of aromatic nitrogens is 2. The van der Waals surface area contributed by atoms with Crippen LogP contribution in [0.25, 0.3) is 5.69 Å². The number of carbonyl (C=O) groups is 1. The van der Waals surface area contributed by atoms with E-state index in [9.17, 15) is 9.90 Å². The van der Waals surface area contributed by atoms with E-state index in [0.29, 0.717) is 25.9 Å². The molecule has 0 fully saturated rings. The quantitative estimate of drug-likeness (QED) is 0.787. The van der Waals surface area contributed by atoms with Crippen molar-refractivity contribution in [1.82, 2.24) is 15.1 Å².